The Morgan fingerprint density at radius 3 is 2.31 bits per heavy atom. The van der Waals surface area contributed by atoms with Gasteiger partial charge in [0.15, 0.2) is 0 Å². The molecule has 1 aromatic heterocycles. The van der Waals surface area contributed by atoms with Crippen molar-refractivity contribution in [2.45, 2.75) is 5.37 Å². The number of hydrogen-bond acceptors (Lipinski definition) is 4. The molecule has 1 fully saturated rings. The van der Waals surface area contributed by atoms with Crippen LogP contribution in [0.25, 0.3) is 28.0 Å². The van der Waals surface area contributed by atoms with Crippen LogP contribution >= 0.6 is 23.4 Å². The number of halogens is 1. The molecule has 1 amide bonds. The van der Waals surface area contributed by atoms with E-state index >= 15 is 0 Å². The van der Waals surface area contributed by atoms with Crippen LogP contribution in [-0.4, -0.2) is 21.2 Å². The number of amides is 1. The molecule has 0 bridgehead atoms. The number of fused-ring (bicyclic) bond motifs is 1. The fraction of sp³-hybridized carbons (Fsp3) is 0.0690. The largest absolute Gasteiger partial charge is 0.295 e. The SMILES string of the molecule is O=C1CSC(c2cccc(Cl)c2)N1c1ccc(-n2c(-c3ccccc3)nc3ccccc3c2=O)cc1. The van der Waals surface area contributed by atoms with E-state index in [-0.39, 0.29) is 16.8 Å². The topological polar surface area (TPSA) is 55.2 Å². The minimum absolute atomic E-state index is 0.0345. The lowest BCUT2D eigenvalue weighted by Crippen LogP contribution is -2.28. The van der Waals surface area contributed by atoms with Crippen LogP contribution in [0.3, 0.4) is 0 Å². The van der Waals surface area contributed by atoms with E-state index in [0.29, 0.717) is 33.2 Å². The summed E-state index contributed by atoms with van der Waals surface area (Å²) >= 11 is 7.78. The molecule has 1 unspecified atom stereocenters. The molecule has 1 atom stereocenters. The monoisotopic (exact) mass is 509 g/mol. The second kappa shape index (κ2) is 9.30. The Labute approximate surface area is 217 Å². The third kappa shape index (κ3) is 3.98. The van der Waals surface area contributed by atoms with Crippen LogP contribution in [-0.2, 0) is 4.79 Å². The summed E-state index contributed by atoms with van der Waals surface area (Å²) < 4.78 is 1.64. The minimum atomic E-state index is -0.160. The highest BCUT2D eigenvalue weighted by atomic mass is 35.5. The second-order valence-electron chi connectivity index (χ2n) is 8.46. The van der Waals surface area contributed by atoms with E-state index in [4.69, 9.17) is 16.6 Å². The Bertz CT molecular complexity index is 1650. The molecule has 1 saturated heterocycles. The lowest BCUT2D eigenvalue weighted by molar-refractivity contribution is -0.115. The highest BCUT2D eigenvalue weighted by molar-refractivity contribution is 8.00. The Balaban J connectivity index is 1.46. The van der Waals surface area contributed by atoms with Gasteiger partial charge in [-0.15, -0.1) is 11.8 Å². The average molecular weight is 510 g/mol. The van der Waals surface area contributed by atoms with E-state index in [1.54, 1.807) is 27.3 Å². The number of carbonyl (C=O) groups excluding carboxylic acids is 1. The van der Waals surface area contributed by atoms with E-state index in [2.05, 4.69) is 0 Å². The summed E-state index contributed by atoms with van der Waals surface area (Å²) in [4.78, 5) is 33.1. The van der Waals surface area contributed by atoms with Gasteiger partial charge in [-0.2, -0.15) is 0 Å². The number of hydrogen-bond donors (Lipinski definition) is 0. The Morgan fingerprint density at radius 1 is 0.806 bits per heavy atom. The van der Waals surface area contributed by atoms with Crippen molar-refractivity contribution in [3.05, 3.63) is 124 Å². The molecule has 4 aromatic carbocycles. The molecule has 5 nitrogen and oxygen atoms in total. The molecule has 36 heavy (non-hydrogen) atoms. The summed E-state index contributed by atoms with van der Waals surface area (Å²) in [6, 6.07) is 32.1. The van der Waals surface area contributed by atoms with Crippen LogP contribution in [0.15, 0.2) is 108 Å². The summed E-state index contributed by atoms with van der Waals surface area (Å²) in [5.74, 6) is 0.995. The first-order valence-electron chi connectivity index (χ1n) is 11.5. The molecule has 7 heteroatoms. The van der Waals surface area contributed by atoms with Gasteiger partial charge in [0.1, 0.15) is 11.2 Å². The quantitative estimate of drug-likeness (QED) is 0.278. The van der Waals surface area contributed by atoms with E-state index in [9.17, 15) is 9.59 Å². The Morgan fingerprint density at radius 2 is 1.53 bits per heavy atom. The van der Waals surface area contributed by atoms with Gasteiger partial charge < -0.3 is 0 Å². The van der Waals surface area contributed by atoms with Gasteiger partial charge in [0.25, 0.3) is 5.56 Å². The Hall–Kier alpha value is -3.87. The van der Waals surface area contributed by atoms with Gasteiger partial charge in [0.05, 0.1) is 22.3 Å². The van der Waals surface area contributed by atoms with Crippen LogP contribution in [0.2, 0.25) is 5.02 Å². The zero-order valence-corrected chi connectivity index (χ0v) is 20.6. The van der Waals surface area contributed by atoms with E-state index in [0.717, 1.165) is 16.8 Å². The van der Waals surface area contributed by atoms with Crippen molar-refractivity contribution >= 4 is 45.9 Å². The second-order valence-corrected chi connectivity index (χ2v) is 9.96. The molecule has 1 aliphatic rings. The number of carbonyl (C=O) groups is 1. The smallest absolute Gasteiger partial charge is 0.266 e. The summed E-state index contributed by atoms with van der Waals surface area (Å²) in [7, 11) is 0. The first-order valence-corrected chi connectivity index (χ1v) is 12.9. The summed E-state index contributed by atoms with van der Waals surface area (Å²) in [5, 5.41) is 1.03. The third-order valence-electron chi connectivity index (χ3n) is 6.20. The molecule has 6 rings (SSSR count). The highest BCUT2D eigenvalue weighted by Gasteiger charge is 2.34. The highest BCUT2D eigenvalue weighted by Crippen LogP contribution is 2.42. The van der Waals surface area contributed by atoms with Crippen molar-refractivity contribution < 1.29 is 4.79 Å². The standard InChI is InChI=1S/C29H20ClN3O2S/c30-21-10-6-9-20(17-21)29-32(26(34)18-36-29)22-13-15-23(16-14-22)33-27(19-7-2-1-3-8-19)31-25-12-5-4-11-24(25)28(33)35/h1-17,29H,18H2. The summed E-state index contributed by atoms with van der Waals surface area (Å²) in [5.41, 5.74) is 3.77. The molecule has 0 saturated carbocycles. The number of rotatable bonds is 4. The zero-order chi connectivity index (χ0) is 24.6. The minimum Gasteiger partial charge on any atom is -0.295 e. The van der Waals surface area contributed by atoms with Crippen LogP contribution in [0.1, 0.15) is 10.9 Å². The molecular weight excluding hydrogens is 490 g/mol. The number of aromatic nitrogens is 2. The maximum absolute atomic E-state index is 13.6. The molecule has 0 aliphatic carbocycles. The van der Waals surface area contributed by atoms with E-state index in [1.165, 1.54) is 0 Å². The molecular formula is C29H20ClN3O2S. The summed E-state index contributed by atoms with van der Waals surface area (Å²) in [6.07, 6.45) is 0. The maximum Gasteiger partial charge on any atom is 0.266 e. The lowest BCUT2D eigenvalue weighted by atomic mass is 10.1. The van der Waals surface area contributed by atoms with Crippen molar-refractivity contribution in [2.24, 2.45) is 0 Å². The van der Waals surface area contributed by atoms with Crippen LogP contribution in [0.4, 0.5) is 5.69 Å². The number of para-hydroxylation sites is 1. The molecule has 176 valence electrons. The van der Waals surface area contributed by atoms with Crippen LogP contribution < -0.4 is 10.5 Å². The first kappa shape index (κ1) is 22.6. The zero-order valence-electron chi connectivity index (χ0n) is 19.0. The molecule has 0 N–H and O–H groups in total. The van der Waals surface area contributed by atoms with Gasteiger partial charge in [0.2, 0.25) is 5.91 Å². The lowest BCUT2D eigenvalue weighted by Gasteiger charge is -2.25. The molecule has 0 spiro atoms. The Kier molecular flexibility index (Phi) is 5.83. The van der Waals surface area contributed by atoms with Crippen molar-refractivity contribution in [3.63, 3.8) is 0 Å². The van der Waals surface area contributed by atoms with E-state index < -0.39 is 0 Å². The predicted molar refractivity (Wildman–Crippen MR) is 147 cm³/mol. The molecule has 0 radical (unpaired) electrons. The fourth-order valence-electron chi connectivity index (χ4n) is 4.53. The van der Waals surface area contributed by atoms with Gasteiger partial charge in [-0.05, 0) is 54.1 Å². The molecule has 2 heterocycles. The molecule has 5 aromatic rings. The average Bonchev–Trinajstić information content (AvgIpc) is 3.30. The van der Waals surface area contributed by atoms with Crippen molar-refractivity contribution in [1.29, 1.82) is 0 Å². The third-order valence-corrected chi connectivity index (χ3v) is 7.64. The normalized spacial score (nSPS) is 15.5. The van der Waals surface area contributed by atoms with E-state index in [1.807, 2.05) is 97.1 Å². The van der Waals surface area contributed by atoms with Crippen molar-refractivity contribution in [1.82, 2.24) is 9.55 Å². The number of anilines is 1. The van der Waals surface area contributed by atoms with Gasteiger partial charge >= 0.3 is 0 Å². The van der Waals surface area contributed by atoms with Gasteiger partial charge in [-0.3, -0.25) is 19.1 Å². The van der Waals surface area contributed by atoms with Gasteiger partial charge in [-0.25, -0.2) is 4.98 Å². The number of nitrogens with zero attached hydrogens (tertiary/aromatic N) is 3. The van der Waals surface area contributed by atoms with Gasteiger partial charge in [0, 0.05) is 16.3 Å². The van der Waals surface area contributed by atoms with Crippen molar-refractivity contribution in [2.75, 3.05) is 10.7 Å². The van der Waals surface area contributed by atoms with Crippen LogP contribution in [0, 0.1) is 0 Å². The number of thioether (sulfide) groups is 1. The first-order chi connectivity index (χ1) is 17.6. The fourth-order valence-corrected chi connectivity index (χ4v) is 5.89. The van der Waals surface area contributed by atoms with Crippen LogP contribution in [0.5, 0.6) is 0 Å². The predicted octanol–water partition coefficient (Wildman–Crippen LogP) is 6.48. The number of benzene rings is 4. The van der Waals surface area contributed by atoms with Crippen molar-refractivity contribution in [3.8, 4) is 17.1 Å². The molecule has 1 aliphatic heterocycles. The van der Waals surface area contributed by atoms with Gasteiger partial charge in [-0.1, -0.05) is 66.2 Å². The maximum atomic E-state index is 13.6. The summed E-state index contributed by atoms with van der Waals surface area (Å²) in [6.45, 7) is 0.